The Balaban J connectivity index is 1.88. The first-order valence-electron chi connectivity index (χ1n) is 9.44. The molecule has 0 bridgehead atoms. The van der Waals surface area contributed by atoms with Crippen molar-refractivity contribution in [3.8, 4) is 5.75 Å². The number of hydrogen-bond acceptors (Lipinski definition) is 7. The second-order valence-corrected chi connectivity index (χ2v) is 7.23. The van der Waals surface area contributed by atoms with Gasteiger partial charge in [-0.05, 0) is 24.3 Å². The zero-order valence-electron chi connectivity index (χ0n) is 16.5. The van der Waals surface area contributed by atoms with E-state index in [9.17, 15) is 19.5 Å². The van der Waals surface area contributed by atoms with Gasteiger partial charge in [-0.25, -0.2) is 4.79 Å². The fourth-order valence-electron chi connectivity index (χ4n) is 4.43. The van der Waals surface area contributed by atoms with E-state index in [1.54, 1.807) is 54.6 Å². The molecule has 0 unspecified atom stereocenters. The van der Waals surface area contributed by atoms with Gasteiger partial charge in [0, 0.05) is 17.0 Å². The van der Waals surface area contributed by atoms with Crippen LogP contribution in [0.5, 0.6) is 5.75 Å². The van der Waals surface area contributed by atoms with Crippen molar-refractivity contribution in [3.63, 3.8) is 0 Å². The first kappa shape index (κ1) is 19.9. The van der Waals surface area contributed by atoms with Crippen molar-refractivity contribution in [3.05, 3.63) is 65.7 Å². The number of fused-ring (bicyclic) bond motifs is 1. The fraction of sp³-hybridized carbons (Fsp3) is 0.318. The quantitative estimate of drug-likeness (QED) is 0.760. The van der Waals surface area contributed by atoms with Gasteiger partial charge in [0.25, 0.3) is 5.91 Å². The van der Waals surface area contributed by atoms with Gasteiger partial charge in [-0.2, -0.15) is 0 Å². The zero-order valence-corrected chi connectivity index (χ0v) is 16.5. The highest BCUT2D eigenvalue weighted by atomic mass is 16.6. The van der Waals surface area contributed by atoms with Crippen LogP contribution in [-0.2, 0) is 24.7 Å². The second kappa shape index (κ2) is 7.46. The van der Waals surface area contributed by atoms with Crippen molar-refractivity contribution in [2.45, 2.75) is 24.3 Å². The lowest BCUT2D eigenvalue weighted by Crippen LogP contribution is -2.49. The summed E-state index contributed by atoms with van der Waals surface area (Å²) in [5.41, 5.74) is -0.894. The summed E-state index contributed by atoms with van der Waals surface area (Å²) < 4.78 is 15.9. The minimum Gasteiger partial charge on any atom is -0.497 e. The Morgan fingerprint density at radius 1 is 1.13 bits per heavy atom. The van der Waals surface area contributed by atoms with E-state index in [0.29, 0.717) is 11.3 Å². The van der Waals surface area contributed by atoms with E-state index in [-0.39, 0.29) is 12.0 Å². The summed E-state index contributed by atoms with van der Waals surface area (Å²) in [4.78, 5) is 39.4. The normalized spacial score (nSPS) is 27.4. The average molecular weight is 411 g/mol. The third-order valence-electron chi connectivity index (χ3n) is 5.77. The maximum atomic E-state index is 13.3. The Kier molecular flexibility index (Phi) is 4.95. The lowest BCUT2D eigenvalue weighted by molar-refractivity contribution is -0.167. The van der Waals surface area contributed by atoms with Crippen molar-refractivity contribution < 1.29 is 33.7 Å². The second-order valence-electron chi connectivity index (χ2n) is 7.23. The van der Waals surface area contributed by atoms with Crippen LogP contribution in [0.25, 0.3) is 0 Å². The van der Waals surface area contributed by atoms with Gasteiger partial charge in [-0.15, -0.1) is 0 Å². The van der Waals surface area contributed by atoms with Crippen molar-refractivity contribution in [2.24, 2.45) is 5.92 Å². The van der Waals surface area contributed by atoms with Gasteiger partial charge in [0.2, 0.25) is 0 Å². The van der Waals surface area contributed by atoms with Crippen molar-refractivity contribution in [2.75, 3.05) is 14.2 Å². The van der Waals surface area contributed by atoms with Crippen molar-refractivity contribution >= 4 is 17.8 Å². The van der Waals surface area contributed by atoms with E-state index >= 15 is 0 Å². The van der Waals surface area contributed by atoms with E-state index in [1.807, 2.05) is 0 Å². The molecular weight excluding hydrogens is 390 g/mol. The summed E-state index contributed by atoms with van der Waals surface area (Å²) >= 11 is 0. The van der Waals surface area contributed by atoms with Gasteiger partial charge < -0.3 is 19.3 Å². The van der Waals surface area contributed by atoms with Crippen molar-refractivity contribution in [1.29, 1.82) is 0 Å². The molecular formula is C22H21NO7. The molecule has 156 valence electrons. The summed E-state index contributed by atoms with van der Waals surface area (Å²) in [6, 6.07) is 13.8. The molecule has 1 amide bonds. The number of rotatable bonds is 4. The predicted molar refractivity (Wildman–Crippen MR) is 103 cm³/mol. The molecule has 2 aliphatic rings. The molecule has 2 heterocycles. The van der Waals surface area contributed by atoms with Crippen LogP contribution in [0.2, 0.25) is 0 Å². The fourth-order valence-corrected chi connectivity index (χ4v) is 4.43. The number of benzene rings is 2. The van der Waals surface area contributed by atoms with E-state index < -0.39 is 41.6 Å². The monoisotopic (exact) mass is 411 g/mol. The minimum atomic E-state index is -1.62. The summed E-state index contributed by atoms with van der Waals surface area (Å²) in [5, 5.41) is 11.4. The van der Waals surface area contributed by atoms with E-state index in [1.165, 1.54) is 14.2 Å². The molecule has 2 aromatic carbocycles. The Morgan fingerprint density at radius 3 is 2.53 bits per heavy atom. The molecule has 30 heavy (non-hydrogen) atoms. The maximum Gasteiger partial charge on any atom is 0.329 e. The summed E-state index contributed by atoms with van der Waals surface area (Å²) in [7, 11) is 2.69. The molecule has 2 fully saturated rings. The maximum absolute atomic E-state index is 13.3. The molecule has 4 atom stereocenters. The first-order chi connectivity index (χ1) is 14.4. The van der Waals surface area contributed by atoms with Crippen LogP contribution in [0.4, 0.5) is 0 Å². The number of hydrogen-bond donors (Lipinski definition) is 1. The SMILES string of the molecule is COC(=O)[C@@H]1[C@H]2CC(=O)O[C@@]2(c2cccc(OC)c2)[C@H](O)N1C(=O)c1ccccc1. The molecule has 0 aromatic heterocycles. The molecule has 2 saturated heterocycles. The van der Waals surface area contributed by atoms with Gasteiger partial charge in [0.05, 0.1) is 20.6 Å². The highest BCUT2D eigenvalue weighted by Crippen LogP contribution is 2.54. The molecule has 2 aliphatic heterocycles. The van der Waals surface area contributed by atoms with Crippen LogP contribution < -0.4 is 4.74 Å². The third kappa shape index (κ3) is 2.83. The van der Waals surface area contributed by atoms with Crippen LogP contribution >= 0.6 is 0 Å². The van der Waals surface area contributed by atoms with Gasteiger partial charge in [-0.3, -0.25) is 14.5 Å². The topological polar surface area (TPSA) is 102 Å². The molecule has 0 radical (unpaired) electrons. The highest BCUT2D eigenvalue weighted by Gasteiger charge is 2.69. The number of aliphatic hydroxyl groups is 1. The van der Waals surface area contributed by atoms with Crippen LogP contribution in [0, 0.1) is 5.92 Å². The lowest BCUT2D eigenvalue weighted by Gasteiger charge is -2.33. The average Bonchev–Trinajstić information content (AvgIpc) is 3.24. The Morgan fingerprint density at radius 2 is 1.87 bits per heavy atom. The molecule has 2 aromatic rings. The third-order valence-corrected chi connectivity index (χ3v) is 5.77. The minimum absolute atomic E-state index is 0.146. The molecule has 1 N–H and O–H groups in total. The number of carbonyl (C=O) groups excluding carboxylic acids is 3. The molecule has 0 saturated carbocycles. The Labute approximate surface area is 173 Å². The number of nitrogens with zero attached hydrogens (tertiary/aromatic N) is 1. The molecule has 8 nitrogen and oxygen atoms in total. The number of methoxy groups -OCH3 is 2. The van der Waals surface area contributed by atoms with Crippen LogP contribution in [0.3, 0.4) is 0 Å². The Bertz CT molecular complexity index is 992. The molecule has 0 spiro atoms. The predicted octanol–water partition coefficient (Wildman–Crippen LogP) is 1.47. The van der Waals surface area contributed by atoms with Crippen LogP contribution in [0.1, 0.15) is 22.3 Å². The number of aliphatic hydroxyl groups excluding tert-OH is 1. The number of carbonyl (C=O) groups is 3. The van der Waals surface area contributed by atoms with Gasteiger partial charge in [0.15, 0.2) is 11.8 Å². The standard InChI is InChI=1S/C22H21NO7/c1-28-15-10-6-9-14(11-15)22-16(12-17(24)30-22)18(20(26)29-2)23(21(22)27)19(25)13-7-4-3-5-8-13/h3-11,16,18,21,27H,12H2,1-2H3/t16-,18+,21+,22-/m1/s1. The van der Waals surface area contributed by atoms with E-state index in [0.717, 1.165) is 4.90 Å². The lowest BCUT2D eigenvalue weighted by atomic mass is 9.80. The van der Waals surface area contributed by atoms with Crippen LogP contribution in [-0.4, -0.2) is 54.3 Å². The number of ether oxygens (including phenoxy) is 3. The summed E-state index contributed by atoms with van der Waals surface area (Å²) in [6.07, 6.45) is -1.75. The van der Waals surface area contributed by atoms with Gasteiger partial charge >= 0.3 is 11.9 Å². The number of likely N-dealkylation sites (tertiary alicyclic amines) is 1. The summed E-state index contributed by atoms with van der Waals surface area (Å²) in [5.74, 6) is -2.20. The number of esters is 2. The van der Waals surface area contributed by atoms with Crippen molar-refractivity contribution in [1.82, 2.24) is 4.90 Å². The number of amides is 1. The molecule has 4 rings (SSSR count). The molecule has 0 aliphatic carbocycles. The molecule has 8 heteroatoms. The Hall–Kier alpha value is -3.39. The summed E-state index contributed by atoms with van der Waals surface area (Å²) in [6.45, 7) is 0. The first-order valence-corrected chi connectivity index (χ1v) is 9.44. The van der Waals surface area contributed by atoms with E-state index in [2.05, 4.69) is 0 Å². The largest absolute Gasteiger partial charge is 0.497 e. The van der Waals surface area contributed by atoms with Crippen LogP contribution in [0.15, 0.2) is 54.6 Å². The smallest absolute Gasteiger partial charge is 0.329 e. The van der Waals surface area contributed by atoms with Gasteiger partial charge in [-0.1, -0.05) is 30.3 Å². The van der Waals surface area contributed by atoms with Gasteiger partial charge in [0.1, 0.15) is 11.8 Å². The highest BCUT2D eigenvalue weighted by molar-refractivity contribution is 5.98. The zero-order chi connectivity index (χ0) is 21.5. The van der Waals surface area contributed by atoms with E-state index in [4.69, 9.17) is 14.2 Å².